The van der Waals surface area contributed by atoms with Crippen LogP contribution in [0.2, 0.25) is 0 Å². The number of halogens is 1. The minimum absolute atomic E-state index is 0.0518. The van der Waals surface area contributed by atoms with Crippen LogP contribution in [0.25, 0.3) is 11.2 Å². The Morgan fingerprint density at radius 2 is 2.00 bits per heavy atom. The van der Waals surface area contributed by atoms with Crippen LogP contribution < -0.4 is 24.8 Å². The van der Waals surface area contributed by atoms with Gasteiger partial charge in [0.2, 0.25) is 0 Å². The molecule has 0 radical (unpaired) electrons. The Morgan fingerprint density at radius 1 is 1.14 bits per heavy atom. The van der Waals surface area contributed by atoms with Gasteiger partial charge in [0.05, 0.1) is 25.0 Å². The summed E-state index contributed by atoms with van der Waals surface area (Å²) in [6.07, 6.45) is 2.92. The molecule has 3 amide bonds. The first-order valence-corrected chi connectivity index (χ1v) is 13.7. The number of rotatable bonds is 2. The SMILES string of the molecule is COc1ccc2cc1OCC(=O)N[C@@H]1CN(C(=O)c3ccnc4c3ncn4C)CC[C@@H]1Oc1cc(F)cc(c1)CNC2=O. The van der Waals surface area contributed by atoms with Gasteiger partial charge in [0.25, 0.3) is 17.7 Å². The monoisotopic (exact) mass is 588 g/mol. The number of hydrogen-bond donors (Lipinski definition) is 2. The molecule has 1 saturated heterocycles. The lowest BCUT2D eigenvalue weighted by molar-refractivity contribution is -0.125. The standard InChI is InChI=1S/C30H29FN6O6/c1-36-16-34-27-21(5-7-32-28(27)36)30(40)37-8-6-23-22(14-37)35-26(38)15-42-25-11-18(3-4-24(25)41-2)29(39)33-13-17-9-19(31)12-20(10-17)43-23/h3-5,7,9-12,16,22-23H,6,8,13-15H2,1-2H3,(H,33,39)(H,35,38)/t22-,23+/m1/s1. The molecule has 43 heavy (non-hydrogen) atoms. The summed E-state index contributed by atoms with van der Waals surface area (Å²) in [5.74, 6) is -0.892. The van der Waals surface area contributed by atoms with E-state index in [2.05, 4.69) is 20.6 Å². The normalized spacial score (nSPS) is 19.0. The fourth-order valence-corrected chi connectivity index (χ4v) is 5.34. The van der Waals surface area contributed by atoms with Gasteiger partial charge in [-0.05, 0) is 42.0 Å². The molecule has 6 rings (SSSR count). The second-order valence-electron chi connectivity index (χ2n) is 10.4. The molecule has 2 aromatic carbocycles. The number of benzene rings is 2. The summed E-state index contributed by atoms with van der Waals surface area (Å²) in [6, 6.07) is 9.78. The number of ether oxygens (including phenoxy) is 3. The van der Waals surface area contributed by atoms with Gasteiger partial charge in [-0.25, -0.2) is 14.4 Å². The van der Waals surface area contributed by atoms with Crippen molar-refractivity contribution >= 4 is 28.9 Å². The molecule has 0 spiro atoms. The number of carbonyl (C=O) groups excluding carboxylic acids is 3. The largest absolute Gasteiger partial charge is 0.493 e. The number of methoxy groups -OCH3 is 1. The topological polar surface area (TPSA) is 137 Å². The van der Waals surface area contributed by atoms with Crippen LogP contribution in [-0.2, 0) is 18.4 Å². The quantitative estimate of drug-likeness (QED) is 0.364. The molecule has 222 valence electrons. The van der Waals surface area contributed by atoms with Crippen LogP contribution in [0, 0.1) is 5.82 Å². The summed E-state index contributed by atoms with van der Waals surface area (Å²) in [5.41, 5.74) is 2.23. The average Bonchev–Trinajstić information content (AvgIpc) is 3.39. The van der Waals surface area contributed by atoms with Crippen LogP contribution in [0.15, 0.2) is 55.0 Å². The van der Waals surface area contributed by atoms with E-state index >= 15 is 0 Å². The van der Waals surface area contributed by atoms with E-state index in [9.17, 15) is 18.8 Å². The van der Waals surface area contributed by atoms with Gasteiger partial charge in [-0.15, -0.1) is 0 Å². The Balaban J connectivity index is 1.30. The van der Waals surface area contributed by atoms with E-state index in [0.717, 1.165) is 0 Å². The first-order valence-electron chi connectivity index (χ1n) is 13.7. The van der Waals surface area contributed by atoms with Crippen molar-refractivity contribution in [2.24, 2.45) is 7.05 Å². The molecule has 4 aromatic rings. The third-order valence-electron chi connectivity index (χ3n) is 7.47. The van der Waals surface area contributed by atoms with Crippen molar-refractivity contribution in [2.75, 3.05) is 26.8 Å². The van der Waals surface area contributed by atoms with E-state index in [1.165, 1.54) is 25.3 Å². The molecule has 2 aliphatic heterocycles. The maximum atomic E-state index is 14.6. The van der Waals surface area contributed by atoms with E-state index < -0.39 is 29.8 Å². The summed E-state index contributed by atoms with van der Waals surface area (Å²) >= 11 is 0. The summed E-state index contributed by atoms with van der Waals surface area (Å²) in [6.45, 7) is 0.117. The van der Waals surface area contributed by atoms with E-state index in [4.69, 9.17) is 14.2 Å². The van der Waals surface area contributed by atoms with E-state index in [-0.39, 0.29) is 42.7 Å². The Hall–Kier alpha value is -5.20. The molecule has 2 aliphatic rings. The third-order valence-corrected chi connectivity index (χ3v) is 7.47. The summed E-state index contributed by atoms with van der Waals surface area (Å²) in [5, 5.41) is 5.69. The van der Waals surface area contributed by atoms with Gasteiger partial charge >= 0.3 is 0 Å². The van der Waals surface area contributed by atoms with Crippen molar-refractivity contribution in [3.63, 3.8) is 0 Å². The van der Waals surface area contributed by atoms with Crippen LogP contribution in [0.5, 0.6) is 17.2 Å². The molecule has 13 heteroatoms. The minimum atomic E-state index is -0.651. The van der Waals surface area contributed by atoms with Crippen LogP contribution >= 0.6 is 0 Å². The van der Waals surface area contributed by atoms with E-state index in [1.807, 2.05) is 0 Å². The summed E-state index contributed by atoms with van der Waals surface area (Å²) in [4.78, 5) is 49.9. The number of imidazole rings is 1. The molecule has 4 bridgehead atoms. The van der Waals surface area contributed by atoms with Crippen LogP contribution in [-0.4, -0.2) is 76.1 Å². The number of pyridine rings is 1. The fraction of sp³-hybridized carbons (Fsp3) is 0.300. The van der Waals surface area contributed by atoms with Gasteiger partial charge in [0, 0.05) is 50.9 Å². The number of amides is 3. The zero-order valence-corrected chi connectivity index (χ0v) is 23.5. The second-order valence-corrected chi connectivity index (χ2v) is 10.4. The number of hydrogen-bond acceptors (Lipinski definition) is 8. The molecule has 12 nitrogen and oxygen atoms in total. The highest BCUT2D eigenvalue weighted by Gasteiger charge is 2.35. The van der Waals surface area contributed by atoms with Crippen LogP contribution in [0.1, 0.15) is 32.7 Å². The van der Waals surface area contributed by atoms with Gasteiger partial charge in [-0.2, -0.15) is 0 Å². The van der Waals surface area contributed by atoms with Gasteiger partial charge in [-0.1, -0.05) is 0 Å². The molecular weight excluding hydrogens is 559 g/mol. The maximum absolute atomic E-state index is 14.6. The van der Waals surface area contributed by atoms with E-state index in [1.54, 1.807) is 53.3 Å². The zero-order valence-electron chi connectivity index (χ0n) is 23.5. The smallest absolute Gasteiger partial charge is 0.258 e. The molecule has 0 aliphatic carbocycles. The molecule has 0 saturated carbocycles. The Kier molecular flexibility index (Phi) is 7.53. The lowest BCUT2D eigenvalue weighted by atomic mass is 10.0. The molecule has 4 heterocycles. The Labute approximate surface area is 245 Å². The van der Waals surface area contributed by atoms with Crippen molar-refractivity contribution in [2.45, 2.75) is 25.1 Å². The fourth-order valence-electron chi connectivity index (χ4n) is 5.34. The number of likely N-dealkylation sites (tertiary alicyclic amines) is 1. The number of nitrogens with zero attached hydrogens (tertiary/aromatic N) is 4. The Morgan fingerprint density at radius 3 is 2.84 bits per heavy atom. The van der Waals surface area contributed by atoms with Crippen molar-refractivity contribution in [1.82, 2.24) is 30.1 Å². The van der Waals surface area contributed by atoms with Gasteiger partial charge in [0.1, 0.15) is 23.2 Å². The average molecular weight is 589 g/mol. The first-order chi connectivity index (χ1) is 20.8. The van der Waals surface area contributed by atoms with Crippen molar-refractivity contribution in [3.05, 3.63) is 77.5 Å². The molecular formula is C30H29FN6O6. The molecule has 1 fully saturated rings. The number of nitrogens with one attached hydrogen (secondary N) is 2. The van der Waals surface area contributed by atoms with Gasteiger partial charge in [0.15, 0.2) is 23.8 Å². The lowest BCUT2D eigenvalue weighted by Crippen LogP contribution is -2.58. The number of fused-ring (bicyclic) bond motifs is 6. The van der Waals surface area contributed by atoms with Crippen LogP contribution in [0.4, 0.5) is 4.39 Å². The minimum Gasteiger partial charge on any atom is -0.493 e. The van der Waals surface area contributed by atoms with Crippen molar-refractivity contribution < 1.29 is 33.0 Å². The number of aryl methyl sites for hydroxylation is 1. The number of carbonyl (C=O) groups is 3. The molecule has 2 aromatic heterocycles. The Bertz CT molecular complexity index is 1720. The predicted octanol–water partition coefficient (Wildman–Crippen LogP) is 2.22. The highest BCUT2D eigenvalue weighted by molar-refractivity contribution is 6.04. The van der Waals surface area contributed by atoms with Gasteiger partial charge < -0.3 is 34.3 Å². The molecule has 2 N–H and O–H groups in total. The maximum Gasteiger partial charge on any atom is 0.258 e. The first kappa shape index (κ1) is 27.9. The summed E-state index contributed by atoms with van der Waals surface area (Å²) in [7, 11) is 3.25. The van der Waals surface area contributed by atoms with E-state index in [0.29, 0.717) is 41.0 Å². The third kappa shape index (κ3) is 5.78. The summed E-state index contributed by atoms with van der Waals surface area (Å²) < 4.78 is 33.6. The zero-order chi connectivity index (χ0) is 30.1. The second kappa shape index (κ2) is 11.6. The van der Waals surface area contributed by atoms with Crippen LogP contribution in [0.3, 0.4) is 0 Å². The number of piperidine rings is 1. The van der Waals surface area contributed by atoms with Crippen molar-refractivity contribution in [1.29, 1.82) is 0 Å². The molecule has 0 unspecified atom stereocenters. The van der Waals surface area contributed by atoms with Crippen molar-refractivity contribution in [3.8, 4) is 17.2 Å². The predicted molar refractivity (Wildman–Crippen MR) is 151 cm³/mol. The lowest BCUT2D eigenvalue weighted by Gasteiger charge is -2.39. The highest BCUT2D eigenvalue weighted by Crippen LogP contribution is 2.29. The van der Waals surface area contributed by atoms with Gasteiger partial charge in [-0.3, -0.25) is 14.4 Å². The molecule has 2 atom stereocenters. The highest BCUT2D eigenvalue weighted by atomic mass is 19.1. The number of aromatic nitrogens is 3.